The van der Waals surface area contributed by atoms with Gasteiger partial charge in [0.25, 0.3) is 0 Å². The summed E-state index contributed by atoms with van der Waals surface area (Å²) in [7, 11) is 0. The van der Waals surface area contributed by atoms with Crippen molar-refractivity contribution in [1.82, 2.24) is 9.80 Å². The van der Waals surface area contributed by atoms with E-state index in [-0.39, 0.29) is 0 Å². The molecule has 2 nitrogen and oxygen atoms in total. The summed E-state index contributed by atoms with van der Waals surface area (Å²) in [6.07, 6.45) is 57.5. The highest BCUT2D eigenvalue weighted by molar-refractivity contribution is 4.96. The first-order valence-electron chi connectivity index (χ1n) is 22.0. The minimum Gasteiger partial charge on any atom is -0.356 e. The van der Waals surface area contributed by atoms with Crippen LogP contribution < -0.4 is 0 Å². The van der Waals surface area contributed by atoms with E-state index in [0.29, 0.717) is 6.17 Å². The van der Waals surface area contributed by atoms with E-state index in [2.05, 4.69) is 43.0 Å². The predicted octanol–water partition coefficient (Wildman–Crippen LogP) is 15.5. The highest BCUT2D eigenvalue weighted by atomic mass is 15.4. The van der Waals surface area contributed by atoms with E-state index in [1.165, 1.54) is 244 Å². The van der Waals surface area contributed by atoms with Crippen LogP contribution in [0.1, 0.15) is 252 Å². The molecule has 0 fully saturated rings. The van der Waals surface area contributed by atoms with Gasteiger partial charge in [0.1, 0.15) is 6.17 Å². The van der Waals surface area contributed by atoms with Gasteiger partial charge < -0.3 is 9.80 Å². The second-order valence-electron chi connectivity index (χ2n) is 15.4. The van der Waals surface area contributed by atoms with Gasteiger partial charge in [-0.05, 0) is 25.7 Å². The Morgan fingerprint density at radius 1 is 0.283 bits per heavy atom. The van der Waals surface area contributed by atoms with Gasteiger partial charge in [0, 0.05) is 25.5 Å². The van der Waals surface area contributed by atoms with Crippen molar-refractivity contribution in [2.75, 3.05) is 13.1 Å². The largest absolute Gasteiger partial charge is 0.356 e. The summed E-state index contributed by atoms with van der Waals surface area (Å²) < 4.78 is 0. The van der Waals surface area contributed by atoms with Crippen molar-refractivity contribution in [1.29, 1.82) is 0 Å². The maximum atomic E-state index is 2.69. The lowest BCUT2D eigenvalue weighted by atomic mass is 10.0. The van der Waals surface area contributed by atoms with Crippen LogP contribution in [0.3, 0.4) is 0 Å². The fourth-order valence-corrected chi connectivity index (χ4v) is 7.59. The average molecular weight is 645 g/mol. The molecule has 1 rings (SSSR count). The molecular weight excluding hydrogens is 556 g/mol. The molecule has 274 valence electrons. The zero-order valence-corrected chi connectivity index (χ0v) is 32.5. The van der Waals surface area contributed by atoms with Crippen LogP contribution in [-0.2, 0) is 0 Å². The first-order valence-corrected chi connectivity index (χ1v) is 22.0. The fraction of sp³-hybridized carbons (Fsp3) is 0.955. The zero-order chi connectivity index (χ0) is 33.0. The summed E-state index contributed by atoms with van der Waals surface area (Å²) >= 11 is 0. The van der Waals surface area contributed by atoms with Crippen molar-refractivity contribution < 1.29 is 0 Å². The van der Waals surface area contributed by atoms with E-state index in [4.69, 9.17) is 0 Å². The molecule has 2 heteroatoms. The summed E-state index contributed by atoms with van der Waals surface area (Å²) in [5.41, 5.74) is 0. The van der Waals surface area contributed by atoms with Crippen LogP contribution in [-0.4, -0.2) is 29.1 Å². The Balaban J connectivity index is 1.94. The molecule has 0 aromatic heterocycles. The standard InChI is InChI=1S/C44H88N2/c1-4-7-10-12-14-16-18-20-22-24-26-28-30-32-34-36-38-41-46-43-42-45(44(46)39-9-6-3)40-37-35-33-31-29-27-25-23-21-19-17-15-13-11-8-5-2/h42-44H,4-41H2,1-3H3. The molecule has 1 atom stereocenters. The molecule has 1 unspecified atom stereocenters. The molecule has 0 N–H and O–H groups in total. The second-order valence-corrected chi connectivity index (χ2v) is 15.4. The van der Waals surface area contributed by atoms with Crippen LogP contribution in [0.4, 0.5) is 0 Å². The molecule has 0 aromatic carbocycles. The number of hydrogen-bond donors (Lipinski definition) is 0. The first kappa shape index (κ1) is 43.4. The Labute approximate surface area is 292 Å². The van der Waals surface area contributed by atoms with Crippen LogP contribution in [0.15, 0.2) is 12.4 Å². The van der Waals surface area contributed by atoms with Crippen LogP contribution in [0.25, 0.3) is 0 Å². The number of rotatable bonds is 38. The van der Waals surface area contributed by atoms with Gasteiger partial charge in [0.2, 0.25) is 0 Å². The van der Waals surface area contributed by atoms with E-state index in [0.717, 1.165) is 0 Å². The second kappa shape index (κ2) is 35.6. The van der Waals surface area contributed by atoms with Gasteiger partial charge >= 0.3 is 0 Å². The molecule has 0 aliphatic carbocycles. The Bertz CT molecular complexity index is 601. The molecule has 1 aliphatic heterocycles. The van der Waals surface area contributed by atoms with Gasteiger partial charge in [-0.1, -0.05) is 226 Å². The molecule has 46 heavy (non-hydrogen) atoms. The van der Waals surface area contributed by atoms with Gasteiger partial charge in [-0.15, -0.1) is 0 Å². The van der Waals surface area contributed by atoms with Crippen LogP contribution in [0, 0.1) is 0 Å². The predicted molar refractivity (Wildman–Crippen MR) is 210 cm³/mol. The zero-order valence-electron chi connectivity index (χ0n) is 32.5. The summed E-state index contributed by atoms with van der Waals surface area (Å²) in [6.45, 7) is 9.50. The van der Waals surface area contributed by atoms with Gasteiger partial charge in [-0.3, -0.25) is 0 Å². The maximum Gasteiger partial charge on any atom is 0.101 e. The summed E-state index contributed by atoms with van der Waals surface area (Å²) in [6, 6.07) is 0. The normalized spacial score (nSPS) is 14.7. The minimum absolute atomic E-state index is 0.636. The number of nitrogens with zero attached hydrogens (tertiary/aromatic N) is 2. The van der Waals surface area contributed by atoms with E-state index >= 15 is 0 Å². The smallest absolute Gasteiger partial charge is 0.101 e. The third kappa shape index (κ3) is 27.3. The monoisotopic (exact) mass is 645 g/mol. The van der Waals surface area contributed by atoms with Gasteiger partial charge in [0.15, 0.2) is 0 Å². The average Bonchev–Trinajstić information content (AvgIpc) is 3.45. The van der Waals surface area contributed by atoms with Crippen LogP contribution in [0.5, 0.6) is 0 Å². The van der Waals surface area contributed by atoms with Crippen molar-refractivity contribution in [3.8, 4) is 0 Å². The third-order valence-corrected chi connectivity index (χ3v) is 10.8. The lowest BCUT2D eigenvalue weighted by molar-refractivity contribution is 0.136. The Hall–Kier alpha value is -0.660. The highest BCUT2D eigenvalue weighted by Gasteiger charge is 2.24. The van der Waals surface area contributed by atoms with E-state index < -0.39 is 0 Å². The Kier molecular flexibility index (Phi) is 33.6. The Morgan fingerprint density at radius 3 is 0.739 bits per heavy atom. The van der Waals surface area contributed by atoms with Crippen LogP contribution >= 0.6 is 0 Å². The molecule has 0 aromatic rings. The molecule has 1 aliphatic rings. The van der Waals surface area contributed by atoms with Crippen molar-refractivity contribution in [2.45, 2.75) is 258 Å². The van der Waals surface area contributed by atoms with Gasteiger partial charge in [0.05, 0.1) is 0 Å². The van der Waals surface area contributed by atoms with E-state index in [1.807, 2.05) is 0 Å². The molecule has 0 bridgehead atoms. The topological polar surface area (TPSA) is 6.48 Å². The number of unbranched alkanes of at least 4 members (excludes halogenated alkanes) is 32. The van der Waals surface area contributed by atoms with Crippen molar-refractivity contribution >= 4 is 0 Å². The van der Waals surface area contributed by atoms with Crippen molar-refractivity contribution in [2.24, 2.45) is 0 Å². The molecule has 0 saturated heterocycles. The first-order chi connectivity index (χ1) is 22.8. The molecule has 0 spiro atoms. The van der Waals surface area contributed by atoms with Crippen LogP contribution in [0.2, 0.25) is 0 Å². The lowest BCUT2D eigenvalue weighted by Crippen LogP contribution is -2.39. The summed E-state index contributed by atoms with van der Waals surface area (Å²) in [5, 5.41) is 0. The summed E-state index contributed by atoms with van der Waals surface area (Å²) in [5.74, 6) is 0. The minimum atomic E-state index is 0.636. The van der Waals surface area contributed by atoms with E-state index in [1.54, 1.807) is 0 Å². The molecule has 0 amide bonds. The summed E-state index contributed by atoms with van der Waals surface area (Å²) in [4.78, 5) is 5.38. The molecule has 0 saturated carbocycles. The fourth-order valence-electron chi connectivity index (χ4n) is 7.59. The third-order valence-electron chi connectivity index (χ3n) is 10.8. The molecule has 1 heterocycles. The SMILES string of the molecule is CCCCCCCCCCCCCCCCCCCN1C=CN(CCCCCCCCCCCCCCCCCC)C1CCCC. The Morgan fingerprint density at radius 2 is 0.500 bits per heavy atom. The van der Waals surface area contributed by atoms with Gasteiger partial charge in [-0.2, -0.15) is 0 Å². The maximum absolute atomic E-state index is 2.69. The van der Waals surface area contributed by atoms with E-state index in [9.17, 15) is 0 Å². The lowest BCUT2D eigenvalue weighted by Gasteiger charge is -2.33. The number of hydrogen-bond acceptors (Lipinski definition) is 2. The van der Waals surface area contributed by atoms with Gasteiger partial charge in [-0.25, -0.2) is 0 Å². The molecular formula is C44H88N2. The van der Waals surface area contributed by atoms with Crippen molar-refractivity contribution in [3.05, 3.63) is 12.4 Å². The molecule has 0 radical (unpaired) electrons. The van der Waals surface area contributed by atoms with Crippen molar-refractivity contribution in [3.63, 3.8) is 0 Å². The highest BCUT2D eigenvalue weighted by Crippen LogP contribution is 2.23. The quantitative estimate of drug-likeness (QED) is 0.0617.